The average molecular weight is 485 g/mol. The fraction of sp³-hybridized carbons (Fsp3) is 0.364. The van der Waals surface area contributed by atoms with Crippen LogP contribution in [0.1, 0.15) is 81.1 Å². The molecule has 3 heteroatoms. The van der Waals surface area contributed by atoms with Gasteiger partial charge in [-0.15, -0.1) is 0 Å². The molecule has 0 aromatic heterocycles. The van der Waals surface area contributed by atoms with Crippen LogP contribution in [0, 0.1) is 0 Å². The van der Waals surface area contributed by atoms with Gasteiger partial charge in [0.2, 0.25) is 0 Å². The van der Waals surface area contributed by atoms with Crippen molar-refractivity contribution in [3.8, 4) is 22.6 Å². The van der Waals surface area contributed by atoms with Gasteiger partial charge in [0.25, 0.3) is 0 Å². The number of unbranched alkanes of at least 4 members (excludes halogenated alkanes) is 6. The summed E-state index contributed by atoms with van der Waals surface area (Å²) in [7, 11) is 0. The molecule has 3 aromatic carbocycles. The van der Waals surface area contributed by atoms with Crippen LogP contribution in [-0.2, 0) is 0 Å². The second kappa shape index (κ2) is 15.6. The molecule has 0 saturated heterocycles. The molecule has 0 heterocycles. The van der Waals surface area contributed by atoms with Crippen LogP contribution in [0.3, 0.4) is 0 Å². The molecule has 36 heavy (non-hydrogen) atoms. The van der Waals surface area contributed by atoms with Gasteiger partial charge in [0.15, 0.2) is 5.78 Å². The number of rotatable bonds is 16. The zero-order valence-corrected chi connectivity index (χ0v) is 21.9. The Labute approximate surface area is 217 Å². The van der Waals surface area contributed by atoms with Crippen LogP contribution in [0.25, 0.3) is 17.2 Å². The average Bonchev–Trinajstić information content (AvgIpc) is 2.92. The Kier molecular flexibility index (Phi) is 11.8. The summed E-state index contributed by atoms with van der Waals surface area (Å²) in [5.41, 5.74) is 3.83. The maximum atomic E-state index is 12.6. The lowest BCUT2D eigenvalue weighted by molar-refractivity contribution is 0.104. The van der Waals surface area contributed by atoms with Crippen LogP contribution < -0.4 is 9.47 Å². The molecule has 0 N–H and O–H groups in total. The largest absolute Gasteiger partial charge is 0.494 e. The Balaban J connectivity index is 1.46. The third kappa shape index (κ3) is 9.37. The van der Waals surface area contributed by atoms with Crippen molar-refractivity contribution in [3.05, 3.63) is 90.0 Å². The lowest BCUT2D eigenvalue weighted by Gasteiger charge is -2.07. The molecule has 0 atom stereocenters. The number of hydrogen-bond acceptors (Lipinski definition) is 3. The summed E-state index contributed by atoms with van der Waals surface area (Å²) in [6.07, 6.45) is 13.2. The highest BCUT2D eigenvalue weighted by Crippen LogP contribution is 2.23. The number of allylic oxidation sites excluding steroid dienone is 1. The molecular weight excluding hydrogens is 444 g/mol. The molecule has 3 rings (SSSR count). The summed E-state index contributed by atoms with van der Waals surface area (Å²) in [6.45, 7) is 5.90. The lowest BCUT2D eigenvalue weighted by atomic mass is 10.0. The van der Waals surface area contributed by atoms with E-state index in [0.29, 0.717) is 5.56 Å². The molecule has 0 spiro atoms. The first kappa shape index (κ1) is 27.3. The van der Waals surface area contributed by atoms with Crippen molar-refractivity contribution < 1.29 is 14.3 Å². The second-order valence-electron chi connectivity index (χ2n) is 9.19. The molecule has 0 aliphatic carbocycles. The molecule has 0 unspecified atom stereocenters. The number of ether oxygens (including phenoxy) is 2. The Hall–Kier alpha value is -3.33. The number of carbonyl (C=O) groups is 1. The van der Waals surface area contributed by atoms with Gasteiger partial charge in [0.1, 0.15) is 11.5 Å². The lowest BCUT2D eigenvalue weighted by Crippen LogP contribution is -1.97. The molecule has 3 nitrogen and oxygen atoms in total. The molecule has 0 radical (unpaired) electrons. The van der Waals surface area contributed by atoms with E-state index in [0.717, 1.165) is 60.7 Å². The zero-order chi connectivity index (χ0) is 25.4. The summed E-state index contributed by atoms with van der Waals surface area (Å²) in [6, 6.07) is 23.8. The van der Waals surface area contributed by atoms with Gasteiger partial charge in [-0.3, -0.25) is 4.79 Å². The first-order valence-electron chi connectivity index (χ1n) is 13.5. The molecule has 0 aliphatic heterocycles. The topological polar surface area (TPSA) is 35.5 Å². The van der Waals surface area contributed by atoms with E-state index in [1.54, 1.807) is 6.08 Å². The van der Waals surface area contributed by atoms with E-state index >= 15 is 0 Å². The minimum absolute atomic E-state index is 0.00961. The maximum absolute atomic E-state index is 12.6. The van der Waals surface area contributed by atoms with Crippen LogP contribution in [-0.4, -0.2) is 19.0 Å². The predicted octanol–water partition coefficient (Wildman–Crippen LogP) is 9.17. The summed E-state index contributed by atoms with van der Waals surface area (Å²) in [4.78, 5) is 12.6. The van der Waals surface area contributed by atoms with Crippen molar-refractivity contribution >= 4 is 11.9 Å². The van der Waals surface area contributed by atoms with E-state index in [9.17, 15) is 4.79 Å². The Morgan fingerprint density at radius 2 is 1.11 bits per heavy atom. The van der Waals surface area contributed by atoms with Crippen LogP contribution >= 0.6 is 0 Å². The van der Waals surface area contributed by atoms with Gasteiger partial charge in [-0.05, 0) is 59.9 Å². The highest BCUT2D eigenvalue weighted by molar-refractivity contribution is 6.07. The maximum Gasteiger partial charge on any atom is 0.185 e. The van der Waals surface area contributed by atoms with E-state index in [2.05, 4.69) is 26.0 Å². The van der Waals surface area contributed by atoms with E-state index in [1.807, 2.05) is 66.7 Å². The summed E-state index contributed by atoms with van der Waals surface area (Å²) >= 11 is 0. The molecule has 0 bridgehead atoms. The molecule has 3 aromatic rings. The van der Waals surface area contributed by atoms with Crippen molar-refractivity contribution in [2.24, 2.45) is 0 Å². The van der Waals surface area contributed by atoms with Crippen LogP contribution in [0.2, 0.25) is 0 Å². The van der Waals surface area contributed by atoms with Crippen molar-refractivity contribution in [1.82, 2.24) is 0 Å². The fourth-order valence-corrected chi connectivity index (χ4v) is 3.92. The summed E-state index contributed by atoms with van der Waals surface area (Å²) < 4.78 is 11.6. The smallest absolute Gasteiger partial charge is 0.185 e. The first-order valence-corrected chi connectivity index (χ1v) is 13.5. The van der Waals surface area contributed by atoms with E-state index in [4.69, 9.17) is 9.47 Å². The van der Waals surface area contributed by atoms with Gasteiger partial charge >= 0.3 is 0 Å². The molecule has 0 fully saturated rings. The van der Waals surface area contributed by atoms with E-state index < -0.39 is 0 Å². The van der Waals surface area contributed by atoms with Gasteiger partial charge in [0, 0.05) is 5.56 Å². The predicted molar refractivity (Wildman–Crippen MR) is 151 cm³/mol. The number of carbonyl (C=O) groups excluding carboxylic acids is 1. The van der Waals surface area contributed by atoms with Crippen LogP contribution in [0.4, 0.5) is 0 Å². The van der Waals surface area contributed by atoms with Crippen LogP contribution in [0.15, 0.2) is 78.9 Å². The zero-order valence-electron chi connectivity index (χ0n) is 21.9. The third-order valence-electron chi connectivity index (χ3n) is 6.20. The highest BCUT2D eigenvalue weighted by atomic mass is 16.5. The minimum atomic E-state index is -0.00961. The molecule has 0 aliphatic rings. The minimum Gasteiger partial charge on any atom is -0.494 e. The number of ketones is 1. The fourth-order valence-electron chi connectivity index (χ4n) is 3.92. The van der Waals surface area contributed by atoms with Crippen molar-refractivity contribution in [2.75, 3.05) is 13.2 Å². The molecular formula is C33H40O3. The van der Waals surface area contributed by atoms with Gasteiger partial charge in [-0.25, -0.2) is 0 Å². The SMILES string of the molecule is CCCCCCCCOc1ccc(/C=C/C(=O)c2ccc(-c3ccc(OCCCC)cc3)cc2)cc1. The van der Waals surface area contributed by atoms with Gasteiger partial charge < -0.3 is 9.47 Å². The standard InChI is InChI=1S/C33H40O3/c1-3-5-7-8-9-10-26-36-31-20-11-27(12-21-31)13-24-33(34)30-16-14-28(15-17-30)29-18-22-32(23-19-29)35-25-6-4-2/h11-24H,3-10,25-26H2,1-2H3/b24-13+. The van der Waals surface area contributed by atoms with Crippen molar-refractivity contribution in [1.29, 1.82) is 0 Å². The van der Waals surface area contributed by atoms with E-state index in [-0.39, 0.29) is 5.78 Å². The molecule has 0 amide bonds. The highest BCUT2D eigenvalue weighted by Gasteiger charge is 2.04. The van der Waals surface area contributed by atoms with Gasteiger partial charge in [-0.2, -0.15) is 0 Å². The monoisotopic (exact) mass is 484 g/mol. The summed E-state index contributed by atoms with van der Waals surface area (Å²) in [5.74, 6) is 1.76. The Morgan fingerprint density at radius 3 is 1.72 bits per heavy atom. The van der Waals surface area contributed by atoms with Gasteiger partial charge in [-0.1, -0.05) is 107 Å². The normalized spacial score (nSPS) is 11.1. The van der Waals surface area contributed by atoms with Crippen LogP contribution in [0.5, 0.6) is 11.5 Å². The summed E-state index contributed by atoms with van der Waals surface area (Å²) in [5, 5.41) is 0. The Morgan fingerprint density at radius 1 is 0.611 bits per heavy atom. The quantitative estimate of drug-likeness (QED) is 0.115. The molecule has 190 valence electrons. The van der Waals surface area contributed by atoms with Crippen molar-refractivity contribution in [2.45, 2.75) is 65.2 Å². The molecule has 0 saturated carbocycles. The van der Waals surface area contributed by atoms with E-state index in [1.165, 1.54) is 32.1 Å². The second-order valence-corrected chi connectivity index (χ2v) is 9.19. The number of benzene rings is 3. The third-order valence-corrected chi connectivity index (χ3v) is 6.20. The number of hydrogen-bond donors (Lipinski definition) is 0. The first-order chi connectivity index (χ1) is 17.7. The Bertz CT molecular complexity index is 1050. The van der Waals surface area contributed by atoms with Crippen molar-refractivity contribution in [3.63, 3.8) is 0 Å². The van der Waals surface area contributed by atoms with Gasteiger partial charge in [0.05, 0.1) is 13.2 Å².